The summed E-state index contributed by atoms with van der Waals surface area (Å²) in [5.74, 6) is -1.04. The number of rotatable bonds is 29. The topological polar surface area (TPSA) is 275 Å². The van der Waals surface area contributed by atoms with Crippen LogP contribution >= 0.6 is 0 Å². The number of para-hydroxylation sites is 1. The summed E-state index contributed by atoms with van der Waals surface area (Å²) in [7, 11) is -1.93. The summed E-state index contributed by atoms with van der Waals surface area (Å²) in [6.07, 6.45) is 3.83. The Hall–Kier alpha value is -6.87. The van der Waals surface area contributed by atoms with Gasteiger partial charge in [0.05, 0.1) is 112 Å². The molecular weight excluding hydrogens is 1040 g/mol. The van der Waals surface area contributed by atoms with E-state index in [0.717, 1.165) is 49.6 Å². The largest absolute Gasteiger partial charge is 0.494 e. The van der Waals surface area contributed by atoms with Crippen molar-refractivity contribution in [3.8, 4) is 5.75 Å². The number of hydrogen-bond donors (Lipinski definition) is 4. The first-order valence-electron chi connectivity index (χ1n) is 26.8. The fraction of sp³-hybridized carbons (Fsp3) is 0.519. The number of ether oxygens (including phenoxy) is 6. The molecule has 25 heteroatoms. The Kier molecular flexibility index (Phi) is 20.9. The van der Waals surface area contributed by atoms with Gasteiger partial charge in [-0.05, 0) is 69.5 Å². The van der Waals surface area contributed by atoms with E-state index in [1.807, 2.05) is 23.1 Å². The fourth-order valence-electron chi connectivity index (χ4n) is 9.75. The van der Waals surface area contributed by atoms with Gasteiger partial charge in [-0.25, -0.2) is 18.4 Å². The summed E-state index contributed by atoms with van der Waals surface area (Å²) < 4.78 is 59.8. The van der Waals surface area contributed by atoms with E-state index in [1.165, 1.54) is 6.33 Å². The lowest BCUT2D eigenvalue weighted by Gasteiger charge is -2.43. The summed E-state index contributed by atoms with van der Waals surface area (Å²) in [4.78, 5) is 84.1. The van der Waals surface area contributed by atoms with Gasteiger partial charge in [0, 0.05) is 75.7 Å². The van der Waals surface area contributed by atoms with Crippen LogP contribution in [0, 0.1) is 0 Å². The van der Waals surface area contributed by atoms with Gasteiger partial charge >= 0.3 is 0 Å². The Labute approximate surface area is 460 Å². The van der Waals surface area contributed by atoms with E-state index in [-0.39, 0.29) is 46.7 Å². The van der Waals surface area contributed by atoms with E-state index < -0.39 is 44.8 Å². The molecule has 0 saturated carbocycles. The highest BCUT2D eigenvalue weighted by Gasteiger charge is 2.45. The van der Waals surface area contributed by atoms with E-state index in [0.29, 0.717) is 121 Å². The van der Waals surface area contributed by atoms with E-state index >= 15 is 0 Å². The number of nitrogens with one attached hydrogen (secondary N) is 4. The maximum Gasteiger partial charge on any atom is 0.264 e. The van der Waals surface area contributed by atoms with Crippen LogP contribution < -0.4 is 30.9 Å². The van der Waals surface area contributed by atoms with E-state index in [1.54, 1.807) is 63.4 Å². The first-order valence-corrected chi connectivity index (χ1v) is 28.3. The molecular formula is C54H71N11O13S. The average Bonchev–Trinajstić information content (AvgIpc) is 4.00. The molecule has 3 fully saturated rings. The summed E-state index contributed by atoms with van der Waals surface area (Å²) in [6, 6.07) is 17.0. The first kappa shape index (κ1) is 58.3. The zero-order valence-corrected chi connectivity index (χ0v) is 45.8. The van der Waals surface area contributed by atoms with E-state index in [9.17, 15) is 32.4 Å². The van der Waals surface area contributed by atoms with Gasteiger partial charge in [-0.1, -0.05) is 18.2 Å². The van der Waals surface area contributed by atoms with Crippen LogP contribution in [0.25, 0.3) is 0 Å². The highest BCUT2D eigenvalue weighted by Crippen LogP contribution is 2.35. The number of carbonyl (C=O) groups excluding carboxylic acids is 5. The van der Waals surface area contributed by atoms with Crippen LogP contribution in [0.1, 0.15) is 66.7 Å². The molecule has 24 nitrogen and oxygen atoms in total. The number of fused-ring (bicyclic) bond motifs is 1. The van der Waals surface area contributed by atoms with Gasteiger partial charge in [-0.2, -0.15) is 4.98 Å². The first-order chi connectivity index (χ1) is 38.3. The zero-order chi connectivity index (χ0) is 55.7. The molecule has 1 atom stereocenters. The number of benzene rings is 3. The number of aromatic nitrogens is 3. The minimum absolute atomic E-state index is 0.0546. The van der Waals surface area contributed by atoms with E-state index in [4.69, 9.17) is 28.4 Å². The second kappa shape index (κ2) is 28.3. The van der Waals surface area contributed by atoms with Crippen molar-refractivity contribution in [1.29, 1.82) is 0 Å². The van der Waals surface area contributed by atoms with Gasteiger partial charge in [-0.15, -0.1) is 0 Å². The van der Waals surface area contributed by atoms with Crippen molar-refractivity contribution < 1.29 is 60.8 Å². The van der Waals surface area contributed by atoms with Crippen LogP contribution in [0.15, 0.2) is 71.9 Å². The van der Waals surface area contributed by atoms with Gasteiger partial charge < -0.3 is 54.2 Å². The Morgan fingerprint density at radius 1 is 0.709 bits per heavy atom. The number of piperazine rings is 1. The molecule has 4 aromatic rings. The molecule has 4 aliphatic rings. The van der Waals surface area contributed by atoms with Crippen LogP contribution in [0.3, 0.4) is 0 Å². The van der Waals surface area contributed by atoms with Gasteiger partial charge in [0.15, 0.2) is 9.84 Å². The zero-order valence-electron chi connectivity index (χ0n) is 45.0. The number of imide groups is 2. The molecule has 5 heterocycles. The highest BCUT2D eigenvalue weighted by molar-refractivity contribution is 7.92. The van der Waals surface area contributed by atoms with Gasteiger partial charge in [0.1, 0.15) is 18.1 Å². The van der Waals surface area contributed by atoms with Crippen LogP contribution in [0.2, 0.25) is 0 Å². The summed E-state index contributed by atoms with van der Waals surface area (Å²) in [5.41, 5.74) is 2.96. The molecule has 1 aromatic heterocycles. The number of amides is 5. The van der Waals surface area contributed by atoms with Crippen molar-refractivity contribution in [2.45, 2.75) is 68.2 Å². The predicted molar refractivity (Wildman–Crippen MR) is 292 cm³/mol. The number of piperidine rings is 2. The lowest BCUT2D eigenvalue weighted by atomic mass is 10.0. The molecule has 3 saturated heterocycles. The normalized spacial score (nSPS) is 17.3. The maximum absolute atomic E-state index is 13.2. The minimum atomic E-state index is -3.55. The van der Waals surface area contributed by atoms with Crippen LogP contribution in [-0.2, 0) is 47.9 Å². The van der Waals surface area contributed by atoms with Crippen LogP contribution in [-0.4, -0.2) is 204 Å². The third kappa shape index (κ3) is 15.3. The lowest BCUT2D eigenvalue weighted by Crippen LogP contribution is -2.54. The molecule has 4 N–H and O–H groups in total. The Morgan fingerprint density at radius 2 is 1.33 bits per heavy atom. The smallest absolute Gasteiger partial charge is 0.264 e. The molecule has 426 valence electrons. The van der Waals surface area contributed by atoms with Crippen molar-refractivity contribution in [2.75, 3.05) is 140 Å². The Morgan fingerprint density at radius 3 is 1.97 bits per heavy atom. The van der Waals surface area contributed by atoms with Crippen LogP contribution in [0.5, 0.6) is 5.75 Å². The monoisotopic (exact) mass is 1110 g/mol. The fourth-order valence-corrected chi connectivity index (χ4v) is 11.0. The quantitative estimate of drug-likeness (QED) is 0.0446. The van der Waals surface area contributed by atoms with Gasteiger partial charge in [0.2, 0.25) is 29.6 Å². The summed E-state index contributed by atoms with van der Waals surface area (Å²) in [6.45, 7) is 12.2. The molecule has 4 aliphatic heterocycles. The van der Waals surface area contributed by atoms with Crippen molar-refractivity contribution in [1.82, 2.24) is 35.0 Å². The molecule has 79 heavy (non-hydrogen) atoms. The standard InChI is InChI=1S/C54H71N11O13S/c1-37(2)79(71,72)46-10-5-4-8-42(46)59-54-57-36-56-53(61-54)58-41-12-11-39(35-45(41)73-3)62-19-15-38(16-20-62)63-21-23-64(24-22-63)48(67)17-25-74-27-29-76-31-33-78-34-32-77-30-28-75-26-18-55-43-9-6-7-40-49(43)52(70)65(51(40)69)44-13-14-47(66)60-50(44)68/h4-12,35-38,44,55H,13-34H2,1-3H3,(H,60,66,68)(H2,56,57,58,59,61). The molecule has 0 radical (unpaired) electrons. The minimum Gasteiger partial charge on any atom is -0.494 e. The number of carbonyl (C=O) groups is 5. The average molecular weight is 1110 g/mol. The number of anilines is 6. The summed E-state index contributed by atoms with van der Waals surface area (Å²) >= 11 is 0. The Bertz CT molecular complexity index is 2860. The second-order valence-electron chi connectivity index (χ2n) is 19.4. The number of hydrogen-bond acceptors (Lipinski definition) is 21. The van der Waals surface area contributed by atoms with Crippen molar-refractivity contribution >= 4 is 74.0 Å². The number of nitrogens with zero attached hydrogens (tertiary/aromatic N) is 7. The molecule has 0 bridgehead atoms. The third-order valence-corrected chi connectivity index (χ3v) is 16.3. The van der Waals surface area contributed by atoms with Crippen LogP contribution in [0.4, 0.5) is 34.6 Å². The molecule has 8 rings (SSSR count). The van der Waals surface area contributed by atoms with Crippen molar-refractivity contribution in [3.63, 3.8) is 0 Å². The van der Waals surface area contributed by atoms with E-state index in [2.05, 4.69) is 46.0 Å². The molecule has 3 aromatic carbocycles. The van der Waals surface area contributed by atoms with Crippen molar-refractivity contribution in [2.24, 2.45) is 0 Å². The number of sulfone groups is 1. The van der Waals surface area contributed by atoms with Crippen molar-refractivity contribution in [3.05, 3.63) is 78.1 Å². The SMILES string of the molecule is COc1cc(N2CCC(N3CCN(C(=O)CCOCCOCCOCCOCCOCCNc4cccc5c4C(=O)N(C4CCC(=O)NC4=O)C5=O)CC3)CC2)ccc1Nc1ncnc(Nc2ccccc2S(=O)(=O)C(C)C)n1. The second-order valence-corrected chi connectivity index (χ2v) is 21.9. The summed E-state index contributed by atoms with van der Waals surface area (Å²) in [5, 5.41) is 11.0. The maximum atomic E-state index is 13.2. The van der Waals surface area contributed by atoms with Gasteiger partial charge in [0.25, 0.3) is 11.8 Å². The third-order valence-electron chi connectivity index (χ3n) is 14.1. The highest BCUT2D eigenvalue weighted by atomic mass is 32.2. The van der Waals surface area contributed by atoms with Gasteiger partial charge in [-0.3, -0.25) is 39.1 Å². The molecule has 5 amide bonds. The number of methoxy groups -OCH3 is 1. The predicted octanol–water partition coefficient (Wildman–Crippen LogP) is 3.65. The Balaban J connectivity index is 0.618. The lowest BCUT2D eigenvalue weighted by molar-refractivity contribution is -0.136. The molecule has 0 aliphatic carbocycles. The molecule has 1 unspecified atom stereocenters. The molecule has 0 spiro atoms.